The summed E-state index contributed by atoms with van der Waals surface area (Å²) in [6.07, 6.45) is -0.239. The van der Waals surface area contributed by atoms with E-state index in [1.165, 1.54) is 30.6 Å². The Labute approximate surface area is 103 Å². The third kappa shape index (κ3) is 3.31. The van der Waals surface area contributed by atoms with Crippen molar-refractivity contribution in [2.45, 2.75) is 20.0 Å². The van der Waals surface area contributed by atoms with Crippen LogP contribution in [0.25, 0.3) is 0 Å². The van der Waals surface area contributed by atoms with Gasteiger partial charge in [0.05, 0.1) is 10.3 Å². The van der Waals surface area contributed by atoms with Crippen molar-refractivity contribution in [3.63, 3.8) is 0 Å². The lowest BCUT2D eigenvalue weighted by Crippen LogP contribution is -2.28. The number of likely N-dealkylation sites (N-methyl/N-ethyl adjacent to an activating group) is 1. The first-order chi connectivity index (χ1) is 7.56. The molecule has 16 heavy (non-hydrogen) atoms. The van der Waals surface area contributed by atoms with Crippen LogP contribution in [0.3, 0.4) is 0 Å². The minimum Gasteiger partial charge on any atom is -0.459 e. The van der Waals surface area contributed by atoms with Crippen LogP contribution in [0.1, 0.15) is 13.8 Å². The molecule has 0 aromatic carbocycles. The number of rotatable bonds is 3. The average molecular weight is 259 g/mol. The summed E-state index contributed by atoms with van der Waals surface area (Å²) in [6, 6.07) is 0. The molecule has 0 bridgehead atoms. The number of thioether (sulfide) groups is 2. The fourth-order valence-corrected chi connectivity index (χ4v) is 2.83. The zero-order valence-electron chi connectivity index (χ0n) is 9.27. The number of hydrogen-bond donors (Lipinski definition) is 1. The molecule has 1 aliphatic rings. The predicted octanol–water partition coefficient (Wildman–Crippen LogP) is 1.85. The molecule has 1 rings (SSSR count). The third-order valence-electron chi connectivity index (χ3n) is 1.61. The van der Waals surface area contributed by atoms with Crippen molar-refractivity contribution in [3.8, 4) is 0 Å². The normalized spacial score (nSPS) is 14.1. The van der Waals surface area contributed by atoms with Crippen molar-refractivity contribution >= 4 is 35.4 Å². The summed E-state index contributed by atoms with van der Waals surface area (Å²) in [5.74, 6) is -0.989. The highest BCUT2D eigenvalue weighted by Gasteiger charge is 2.26. The molecule has 1 aliphatic heterocycles. The Morgan fingerprint density at radius 2 is 1.88 bits per heavy atom. The number of nitrogens with one attached hydrogen (secondary N) is 1. The highest BCUT2D eigenvalue weighted by Crippen LogP contribution is 2.40. The quantitative estimate of drug-likeness (QED) is 0.363. The number of ether oxygens (including phenoxy) is 1. The minimum absolute atomic E-state index is 0.0798. The zero-order valence-corrected chi connectivity index (χ0v) is 10.9. The van der Waals surface area contributed by atoms with E-state index in [-0.39, 0.29) is 11.7 Å². The van der Waals surface area contributed by atoms with Gasteiger partial charge in [0.2, 0.25) is 0 Å². The summed E-state index contributed by atoms with van der Waals surface area (Å²) in [7, 11) is 1.49. The fraction of sp³-hybridized carbons (Fsp3) is 0.400. The van der Waals surface area contributed by atoms with E-state index in [0.29, 0.717) is 4.24 Å². The van der Waals surface area contributed by atoms with Crippen LogP contribution in [0.2, 0.25) is 0 Å². The molecule has 0 spiro atoms. The van der Waals surface area contributed by atoms with Crippen LogP contribution in [0.5, 0.6) is 0 Å². The molecule has 0 aromatic heterocycles. The number of amides is 1. The van der Waals surface area contributed by atoms with Crippen LogP contribution in [-0.4, -0.2) is 25.0 Å². The Morgan fingerprint density at radius 3 is 2.31 bits per heavy atom. The van der Waals surface area contributed by atoms with E-state index < -0.39 is 11.9 Å². The van der Waals surface area contributed by atoms with Gasteiger partial charge in [-0.3, -0.25) is 4.79 Å². The van der Waals surface area contributed by atoms with Gasteiger partial charge >= 0.3 is 5.97 Å². The summed E-state index contributed by atoms with van der Waals surface area (Å²) in [6.45, 7) is 3.49. The third-order valence-corrected chi connectivity index (χ3v) is 3.74. The lowest BCUT2D eigenvalue weighted by molar-refractivity contribution is -0.144. The summed E-state index contributed by atoms with van der Waals surface area (Å²) in [5, 5.41) is 6.09. The molecule has 0 aromatic rings. The first kappa shape index (κ1) is 13.2. The van der Waals surface area contributed by atoms with Gasteiger partial charge in [0.15, 0.2) is 0 Å². The van der Waals surface area contributed by atoms with Crippen molar-refractivity contribution in [2.24, 2.45) is 0 Å². The highest BCUT2D eigenvalue weighted by molar-refractivity contribution is 8.27. The maximum Gasteiger partial charge on any atom is 0.345 e. The van der Waals surface area contributed by atoms with Gasteiger partial charge in [-0.25, -0.2) is 4.79 Å². The number of esters is 1. The first-order valence-corrected chi connectivity index (χ1v) is 6.48. The maximum atomic E-state index is 11.7. The molecule has 0 unspecified atom stereocenters. The van der Waals surface area contributed by atoms with Crippen LogP contribution >= 0.6 is 23.5 Å². The Bertz CT molecular complexity index is 351. The summed E-state index contributed by atoms with van der Waals surface area (Å²) >= 11 is 2.70. The van der Waals surface area contributed by atoms with E-state index in [0.717, 1.165) is 0 Å². The van der Waals surface area contributed by atoms with Gasteiger partial charge in [-0.2, -0.15) is 0 Å². The van der Waals surface area contributed by atoms with Crippen LogP contribution in [0.15, 0.2) is 20.6 Å². The van der Waals surface area contributed by atoms with Crippen LogP contribution in [-0.2, 0) is 14.3 Å². The Morgan fingerprint density at radius 1 is 1.31 bits per heavy atom. The van der Waals surface area contributed by atoms with E-state index in [9.17, 15) is 9.59 Å². The molecule has 1 amide bonds. The number of carbonyl (C=O) groups excluding carboxylic acids is 2. The lowest BCUT2D eigenvalue weighted by atomic mass is 10.3. The van der Waals surface area contributed by atoms with Crippen LogP contribution in [0.4, 0.5) is 0 Å². The Hall–Kier alpha value is -0.880. The second-order valence-electron chi connectivity index (χ2n) is 3.20. The molecule has 0 radical (unpaired) electrons. The molecular formula is C10H13NO3S2. The van der Waals surface area contributed by atoms with Crippen molar-refractivity contribution in [2.75, 3.05) is 7.05 Å². The van der Waals surface area contributed by atoms with E-state index in [4.69, 9.17) is 4.74 Å². The fourth-order valence-electron chi connectivity index (χ4n) is 0.992. The van der Waals surface area contributed by atoms with E-state index in [1.54, 1.807) is 13.8 Å². The van der Waals surface area contributed by atoms with Crippen LogP contribution < -0.4 is 5.32 Å². The first-order valence-electron chi connectivity index (χ1n) is 4.72. The smallest absolute Gasteiger partial charge is 0.345 e. The SMILES string of the molecule is CNC(=O)C(C(=O)OC(C)C)=C1SC=CS1. The maximum absolute atomic E-state index is 11.7. The van der Waals surface area contributed by atoms with Crippen molar-refractivity contribution in [1.82, 2.24) is 5.32 Å². The largest absolute Gasteiger partial charge is 0.459 e. The molecule has 0 saturated heterocycles. The average Bonchev–Trinajstić information content (AvgIpc) is 2.69. The summed E-state index contributed by atoms with van der Waals surface area (Å²) < 4.78 is 5.69. The Kier molecular flexibility index (Phi) is 4.95. The number of hydrogen-bond acceptors (Lipinski definition) is 5. The van der Waals surface area contributed by atoms with Crippen molar-refractivity contribution < 1.29 is 14.3 Å². The molecule has 4 nitrogen and oxygen atoms in total. The molecule has 0 aliphatic carbocycles. The van der Waals surface area contributed by atoms with Gasteiger partial charge in [0.25, 0.3) is 5.91 Å². The molecule has 0 fully saturated rings. The lowest BCUT2D eigenvalue weighted by Gasteiger charge is -2.11. The topological polar surface area (TPSA) is 55.4 Å². The highest BCUT2D eigenvalue weighted by atomic mass is 32.2. The van der Waals surface area contributed by atoms with Crippen LogP contribution in [0, 0.1) is 0 Å². The molecule has 1 heterocycles. The molecule has 1 N–H and O–H groups in total. The van der Waals surface area contributed by atoms with Crippen molar-refractivity contribution in [1.29, 1.82) is 0 Å². The Balaban J connectivity index is 2.92. The van der Waals surface area contributed by atoms with Gasteiger partial charge in [0, 0.05) is 7.05 Å². The summed E-state index contributed by atoms with van der Waals surface area (Å²) in [4.78, 5) is 23.3. The standard InChI is InChI=1S/C10H13NO3S2/c1-6(2)14-9(13)7(8(12)11-3)10-15-4-5-16-10/h4-6H,1-3H3,(H,11,12). The predicted molar refractivity (Wildman–Crippen MR) is 66.6 cm³/mol. The number of carbonyl (C=O) groups is 2. The van der Waals surface area contributed by atoms with Gasteiger partial charge < -0.3 is 10.1 Å². The molecular weight excluding hydrogens is 246 g/mol. The van der Waals surface area contributed by atoms with Gasteiger partial charge in [-0.1, -0.05) is 23.5 Å². The molecule has 88 valence electrons. The van der Waals surface area contributed by atoms with Gasteiger partial charge in [-0.15, -0.1) is 0 Å². The van der Waals surface area contributed by atoms with Gasteiger partial charge in [-0.05, 0) is 24.7 Å². The van der Waals surface area contributed by atoms with E-state index in [1.807, 2.05) is 10.8 Å². The second-order valence-corrected chi connectivity index (χ2v) is 5.29. The second kappa shape index (κ2) is 6.00. The van der Waals surface area contributed by atoms with Crippen molar-refractivity contribution in [3.05, 3.63) is 20.6 Å². The zero-order chi connectivity index (χ0) is 12.1. The monoisotopic (exact) mass is 259 g/mol. The molecule has 6 heteroatoms. The van der Waals surface area contributed by atoms with E-state index >= 15 is 0 Å². The van der Waals surface area contributed by atoms with Gasteiger partial charge in [0.1, 0.15) is 5.57 Å². The molecule has 0 atom stereocenters. The molecule has 0 saturated carbocycles. The van der Waals surface area contributed by atoms with E-state index in [2.05, 4.69) is 5.32 Å². The minimum atomic E-state index is -0.576. The summed E-state index contributed by atoms with van der Waals surface area (Å²) in [5.41, 5.74) is 0.0798.